The van der Waals surface area contributed by atoms with Crippen molar-refractivity contribution in [1.29, 1.82) is 0 Å². The molecule has 5 rings (SSSR count). The summed E-state index contributed by atoms with van der Waals surface area (Å²) in [5, 5.41) is 4.58. The van der Waals surface area contributed by atoms with E-state index >= 15 is 0 Å². The molecule has 2 saturated carbocycles. The van der Waals surface area contributed by atoms with E-state index in [1.165, 1.54) is 10.2 Å². The maximum atomic E-state index is 13.2. The minimum absolute atomic E-state index is 0.00401. The van der Waals surface area contributed by atoms with Crippen molar-refractivity contribution in [2.24, 2.45) is 5.92 Å². The number of hydrogen-bond acceptors (Lipinski definition) is 6. The number of rotatable bonds is 11. The normalized spacial score (nSPS) is 22.3. The lowest BCUT2D eigenvalue weighted by Crippen LogP contribution is -2.37. The summed E-state index contributed by atoms with van der Waals surface area (Å²) in [4.78, 5) is 4.67. The van der Waals surface area contributed by atoms with Crippen LogP contribution in [-0.2, 0) is 26.5 Å². The van der Waals surface area contributed by atoms with Gasteiger partial charge in [0.05, 0.1) is 15.2 Å². The van der Waals surface area contributed by atoms with Gasteiger partial charge in [-0.15, -0.1) is 0 Å². The van der Waals surface area contributed by atoms with E-state index in [9.17, 15) is 16.8 Å². The molecule has 0 saturated heterocycles. The van der Waals surface area contributed by atoms with Crippen molar-refractivity contribution in [2.45, 2.75) is 81.0 Å². The summed E-state index contributed by atoms with van der Waals surface area (Å²) in [5.41, 5.74) is 2.17. The van der Waals surface area contributed by atoms with Crippen LogP contribution in [0, 0.1) is 12.8 Å². The number of halogens is 1. The van der Waals surface area contributed by atoms with Crippen LogP contribution in [0.3, 0.4) is 0 Å². The molecule has 0 aliphatic heterocycles. The zero-order chi connectivity index (χ0) is 27.1. The van der Waals surface area contributed by atoms with Gasteiger partial charge < -0.3 is 5.32 Å². The molecule has 2 fully saturated rings. The van der Waals surface area contributed by atoms with Crippen molar-refractivity contribution >= 4 is 42.7 Å². The Bertz CT molecular complexity index is 1520. The molecule has 0 amide bonds. The van der Waals surface area contributed by atoms with Crippen LogP contribution in [0.2, 0.25) is 5.02 Å². The number of pyridine rings is 1. The molecule has 0 spiro atoms. The van der Waals surface area contributed by atoms with Gasteiger partial charge >= 0.3 is 0 Å². The molecule has 2 aliphatic rings. The van der Waals surface area contributed by atoms with Crippen LogP contribution in [0.25, 0.3) is 11.0 Å². The number of benzene rings is 1. The van der Waals surface area contributed by atoms with Gasteiger partial charge in [-0.25, -0.2) is 30.5 Å². The van der Waals surface area contributed by atoms with Crippen LogP contribution in [0.5, 0.6) is 0 Å². The van der Waals surface area contributed by atoms with Crippen molar-refractivity contribution in [3.63, 3.8) is 0 Å². The minimum atomic E-state index is -3.78. The topological polar surface area (TPSA) is 110 Å². The Morgan fingerprint density at radius 3 is 2.50 bits per heavy atom. The Hall–Kier alpha value is -1.98. The fourth-order valence-corrected chi connectivity index (χ4v) is 8.66. The summed E-state index contributed by atoms with van der Waals surface area (Å²) in [7, 11) is -6.96. The van der Waals surface area contributed by atoms with E-state index in [2.05, 4.69) is 21.9 Å². The predicted molar refractivity (Wildman–Crippen MR) is 150 cm³/mol. The van der Waals surface area contributed by atoms with Gasteiger partial charge in [0.2, 0.25) is 10.0 Å². The molecule has 3 unspecified atom stereocenters. The van der Waals surface area contributed by atoms with Crippen molar-refractivity contribution in [1.82, 2.24) is 19.0 Å². The Balaban J connectivity index is 1.20. The number of nitrogens with zero attached hydrogens (tertiary/aromatic N) is 2. The largest absolute Gasteiger partial charge is 0.314 e. The second-order valence-corrected chi connectivity index (χ2v) is 14.8. The van der Waals surface area contributed by atoms with Gasteiger partial charge in [0, 0.05) is 29.9 Å². The summed E-state index contributed by atoms with van der Waals surface area (Å²) in [6.45, 7) is 4.84. The molecule has 2 heterocycles. The Labute approximate surface area is 230 Å². The predicted octanol–water partition coefficient (Wildman–Crippen LogP) is 4.40. The van der Waals surface area contributed by atoms with Crippen molar-refractivity contribution < 1.29 is 16.8 Å². The number of fused-ring (bicyclic) bond motifs is 1. The molecule has 2 aromatic heterocycles. The molecule has 206 valence electrons. The van der Waals surface area contributed by atoms with Gasteiger partial charge in [-0.2, -0.15) is 0 Å². The highest BCUT2D eigenvalue weighted by molar-refractivity contribution is 7.90. The van der Waals surface area contributed by atoms with Crippen LogP contribution in [0.1, 0.15) is 56.6 Å². The van der Waals surface area contributed by atoms with E-state index in [4.69, 9.17) is 11.6 Å². The second-order valence-electron chi connectivity index (χ2n) is 10.6. The fourth-order valence-electron chi connectivity index (χ4n) is 5.46. The zero-order valence-electron chi connectivity index (χ0n) is 21.7. The molecule has 0 radical (unpaired) electrons. The molecule has 8 nitrogen and oxygen atoms in total. The third-order valence-corrected chi connectivity index (χ3v) is 11.9. The Morgan fingerprint density at radius 2 is 1.82 bits per heavy atom. The van der Waals surface area contributed by atoms with Crippen molar-refractivity contribution in [3.8, 4) is 0 Å². The maximum absolute atomic E-state index is 13.2. The summed E-state index contributed by atoms with van der Waals surface area (Å²) >= 11 is 6.70. The highest BCUT2D eigenvalue weighted by atomic mass is 35.5. The summed E-state index contributed by atoms with van der Waals surface area (Å²) in [5.74, 6) is 0.443. The van der Waals surface area contributed by atoms with E-state index in [0.29, 0.717) is 28.4 Å². The van der Waals surface area contributed by atoms with Crippen LogP contribution >= 0.6 is 11.6 Å². The monoisotopic (exact) mass is 578 g/mol. The van der Waals surface area contributed by atoms with Gasteiger partial charge in [0.15, 0.2) is 5.65 Å². The summed E-state index contributed by atoms with van der Waals surface area (Å²) in [6, 6.07) is 8.71. The van der Waals surface area contributed by atoms with Crippen molar-refractivity contribution in [3.05, 3.63) is 58.9 Å². The van der Waals surface area contributed by atoms with E-state index in [0.717, 1.165) is 56.2 Å². The minimum Gasteiger partial charge on any atom is -0.314 e. The third-order valence-electron chi connectivity index (χ3n) is 7.81. The highest BCUT2D eigenvalue weighted by Crippen LogP contribution is 2.33. The molecule has 38 heavy (non-hydrogen) atoms. The van der Waals surface area contributed by atoms with Crippen LogP contribution < -0.4 is 10.0 Å². The first-order valence-electron chi connectivity index (χ1n) is 13.3. The Kier molecular flexibility index (Phi) is 7.90. The summed E-state index contributed by atoms with van der Waals surface area (Å²) in [6.07, 6.45) is 8.94. The number of sulfonamides is 1. The maximum Gasteiger partial charge on any atom is 0.269 e. The molecule has 3 atom stereocenters. The SMILES string of the molecule is CCC1CC(NS(=O)(=O)C2CC2)CC1NCCCc1cnc2c(ccn2S(=O)(=O)c2ccc(C)cc2)c1Cl. The lowest BCUT2D eigenvalue weighted by atomic mass is 10.0. The smallest absolute Gasteiger partial charge is 0.269 e. The van der Waals surface area contributed by atoms with Gasteiger partial charge in [-0.3, -0.25) is 0 Å². The molecular weight excluding hydrogens is 544 g/mol. The first-order chi connectivity index (χ1) is 18.1. The third kappa shape index (κ3) is 5.65. The lowest BCUT2D eigenvalue weighted by Gasteiger charge is -2.19. The first kappa shape index (κ1) is 27.6. The average molecular weight is 579 g/mol. The summed E-state index contributed by atoms with van der Waals surface area (Å²) < 4.78 is 55.2. The van der Waals surface area contributed by atoms with Gasteiger partial charge in [-0.05, 0) is 81.7 Å². The van der Waals surface area contributed by atoms with Crippen LogP contribution in [-0.4, -0.2) is 49.7 Å². The van der Waals surface area contributed by atoms with Gasteiger partial charge in [0.1, 0.15) is 0 Å². The standard InChI is InChI=1S/C27H35ClN4O4S2/c1-3-19-15-21(31-37(33,34)22-10-11-22)16-25(19)29-13-4-5-20-17-30-27-24(26(20)28)12-14-32(27)38(35,36)23-8-6-18(2)7-9-23/h6-9,12,14,17,19,21-22,25,29,31H,3-5,10-11,13,15-16H2,1-2H3. The van der Waals surface area contributed by atoms with E-state index in [-0.39, 0.29) is 22.2 Å². The molecule has 1 aromatic carbocycles. The first-order valence-corrected chi connectivity index (χ1v) is 16.7. The van der Waals surface area contributed by atoms with Crippen molar-refractivity contribution in [2.75, 3.05) is 6.54 Å². The number of aromatic nitrogens is 2. The van der Waals surface area contributed by atoms with E-state index < -0.39 is 20.0 Å². The van der Waals surface area contributed by atoms with Gasteiger partial charge in [0.25, 0.3) is 10.0 Å². The number of hydrogen-bond donors (Lipinski definition) is 2. The number of aryl methyl sites for hydroxylation is 2. The fraction of sp³-hybridized carbons (Fsp3) is 0.519. The van der Waals surface area contributed by atoms with Gasteiger partial charge in [-0.1, -0.05) is 42.6 Å². The number of nitrogens with one attached hydrogen (secondary N) is 2. The Morgan fingerprint density at radius 1 is 1.08 bits per heavy atom. The van der Waals surface area contributed by atoms with E-state index in [1.54, 1.807) is 36.5 Å². The van der Waals surface area contributed by atoms with E-state index in [1.807, 2.05) is 6.92 Å². The highest BCUT2D eigenvalue weighted by Gasteiger charge is 2.40. The molecule has 0 bridgehead atoms. The molecule has 2 aliphatic carbocycles. The lowest BCUT2D eigenvalue weighted by molar-refractivity contribution is 0.389. The quantitative estimate of drug-likeness (QED) is 0.326. The molecule has 2 N–H and O–H groups in total. The van der Waals surface area contributed by atoms with Crippen LogP contribution in [0.4, 0.5) is 0 Å². The van der Waals surface area contributed by atoms with Crippen LogP contribution in [0.15, 0.2) is 47.6 Å². The zero-order valence-corrected chi connectivity index (χ0v) is 24.1. The molecule has 11 heteroatoms. The average Bonchev–Trinajstić information content (AvgIpc) is 3.55. The molecule has 3 aromatic rings. The molecular formula is C27H35ClN4O4S2. The second kappa shape index (κ2) is 10.9.